The Kier molecular flexibility index (Phi) is 5.84. The van der Waals surface area contributed by atoms with Gasteiger partial charge in [0.25, 0.3) is 0 Å². The average Bonchev–Trinajstić information content (AvgIpc) is 2.80. The normalized spacial score (nSPS) is 14.5. The highest BCUT2D eigenvalue weighted by molar-refractivity contribution is 6.37. The summed E-state index contributed by atoms with van der Waals surface area (Å²) in [5.41, 5.74) is 8.66. The van der Waals surface area contributed by atoms with Crippen LogP contribution in [-0.2, 0) is 16.8 Å². The molecule has 0 saturated heterocycles. The van der Waals surface area contributed by atoms with E-state index in [1.54, 1.807) is 25.1 Å². The molecule has 11 heteroatoms. The summed E-state index contributed by atoms with van der Waals surface area (Å²) in [5, 5.41) is 4.08. The molecule has 0 atom stereocenters. The third kappa shape index (κ3) is 3.94. The average molecular weight is 524 g/mol. The number of nitrogens with two attached hydrogens (primary N) is 1. The Labute approximate surface area is 216 Å². The number of nitrogen functional groups attached to an aromatic ring is 1. The number of amides is 1. The Balaban J connectivity index is 1.50. The van der Waals surface area contributed by atoms with Crippen molar-refractivity contribution in [1.82, 2.24) is 24.4 Å². The number of benzene rings is 2. The smallest absolute Gasteiger partial charge is 0.355 e. The Hall–Kier alpha value is -3.69. The number of nitrogens with one attached hydrogen (secondary N) is 1. The summed E-state index contributed by atoms with van der Waals surface area (Å²) in [6.45, 7) is 6.34. The lowest BCUT2D eigenvalue weighted by atomic mass is 9.83. The quantitative estimate of drug-likeness (QED) is 0.407. The molecule has 9 nitrogen and oxygen atoms in total. The summed E-state index contributed by atoms with van der Waals surface area (Å²) in [6.07, 6.45) is 2.24. The molecular formula is C25H23Cl2N7O2. The van der Waals surface area contributed by atoms with E-state index >= 15 is 0 Å². The SMILES string of the molecule is CC(=O)N1CCc2cc(Nc3ncc4c(N)n(-c5c(Cl)cccc5Cl)c(=O)nc4n3)ccc2C1(C)C. The summed E-state index contributed by atoms with van der Waals surface area (Å²) in [6, 6.07) is 10.8. The highest BCUT2D eigenvalue weighted by Crippen LogP contribution is 2.37. The second-order valence-electron chi connectivity index (χ2n) is 9.09. The minimum Gasteiger partial charge on any atom is -0.384 e. The molecule has 4 aromatic rings. The van der Waals surface area contributed by atoms with Crippen LogP contribution in [0.25, 0.3) is 16.7 Å². The molecule has 1 aliphatic rings. The Morgan fingerprint density at radius 1 is 1.14 bits per heavy atom. The number of hydrogen-bond donors (Lipinski definition) is 2. The third-order valence-electron chi connectivity index (χ3n) is 6.52. The molecule has 0 radical (unpaired) electrons. The molecule has 3 N–H and O–H groups in total. The zero-order chi connectivity index (χ0) is 25.8. The van der Waals surface area contributed by atoms with Gasteiger partial charge in [0.15, 0.2) is 5.65 Å². The predicted octanol–water partition coefficient (Wildman–Crippen LogP) is 4.45. The number of carbonyl (C=O) groups is 1. The number of aromatic nitrogens is 4. The van der Waals surface area contributed by atoms with Crippen molar-refractivity contribution < 1.29 is 4.79 Å². The fourth-order valence-electron chi connectivity index (χ4n) is 4.79. The van der Waals surface area contributed by atoms with Gasteiger partial charge in [0.2, 0.25) is 11.9 Å². The van der Waals surface area contributed by atoms with E-state index in [0.29, 0.717) is 11.9 Å². The van der Waals surface area contributed by atoms with Crippen molar-refractivity contribution in [2.75, 3.05) is 17.6 Å². The van der Waals surface area contributed by atoms with Crippen LogP contribution in [0.2, 0.25) is 10.0 Å². The number of halogens is 2. The van der Waals surface area contributed by atoms with E-state index in [1.807, 2.05) is 36.9 Å². The van der Waals surface area contributed by atoms with Gasteiger partial charge in [-0.2, -0.15) is 9.97 Å². The molecule has 0 fully saturated rings. The number of carbonyl (C=O) groups excluding carboxylic acids is 1. The molecular weight excluding hydrogens is 501 g/mol. The highest BCUT2D eigenvalue weighted by Gasteiger charge is 2.35. The maximum atomic E-state index is 12.9. The largest absolute Gasteiger partial charge is 0.384 e. The Morgan fingerprint density at radius 2 is 1.86 bits per heavy atom. The van der Waals surface area contributed by atoms with Crippen molar-refractivity contribution in [2.24, 2.45) is 0 Å². The fraction of sp³-hybridized carbons (Fsp3) is 0.240. The number of anilines is 3. The van der Waals surface area contributed by atoms with E-state index < -0.39 is 11.2 Å². The summed E-state index contributed by atoms with van der Waals surface area (Å²) in [7, 11) is 0. The second kappa shape index (κ2) is 8.76. The van der Waals surface area contributed by atoms with Crippen LogP contribution >= 0.6 is 23.2 Å². The monoisotopic (exact) mass is 523 g/mol. The predicted molar refractivity (Wildman–Crippen MR) is 141 cm³/mol. The Morgan fingerprint density at radius 3 is 2.56 bits per heavy atom. The van der Waals surface area contributed by atoms with Crippen molar-refractivity contribution in [1.29, 1.82) is 0 Å². The van der Waals surface area contributed by atoms with Crippen molar-refractivity contribution in [3.05, 3.63) is 74.3 Å². The van der Waals surface area contributed by atoms with Crippen LogP contribution in [0.4, 0.5) is 17.5 Å². The number of para-hydroxylation sites is 1. The molecule has 5 rings (SSSR count). The van der Waals surface area contributed by atoms with E-state index in [0.717, 1.165) is 27.8 Å². The standard InChI is InChI=1S/C25H23Cl2N7O2/c1-13(35)33-10-9-14-11-15(7-8-17(14)25(33,2)3)30-23-29-12-16-21(28)34(24(36)32-22(16)31-23)20-18(26)5-4-6-19(20)27/h4-8,11-12H,9-10,28H2,1-3H3,(H,30,31,32,36). The molecule has 3 heterocycles. The molecule has 0 bridgehead atoms. The molecule has 1 aliphatic heterocycles. The van der Waals surface area contributed by atoms with Gasteiger partial charge in [0.05, 0.1) is 26.7 Å². The molecule has 0 spiro atoms. The van der Waals surface area contributed by atoms with Gasteiger partial charge in [-0.15, -0.1) is 0 Å². The van der Waals surface area contributed by atoms with Gasteiger partial charge in [-0.3, -0.25) is 4.79 Å². The minimum atomic E-state index is -0.661. The molecule has 2 aromatic heterocycles. The highest BCUT2D eigenvalue weighted by atomic mass is 35.5. The van der Waals surface area contributed by atoms with Crippen LogP contribution in [0.15, 0.2) is 47.4 Å². The first kappa shape index (κ1) is 24.0. The van der Waals surface area contributed by atoms with Crippen LogP contribution in [0.5, 0.6) is 0 Å². The van der Waals surface area contributed by atoms with Crippen molar-refractivity contribution >= 4 is 57.6 Å². The van der Waals surface area contributed by atoms with Crippen molar-refractivity contribution in [3.8, 4) is 5.69 Å². The number of hydrogen-bond acceptors (Lipinski definition) is 7. The molecule has 0 unspecified atom stereocenters. The first-order valence-corrected chi connectivity index (χ1v) is 12.0. The maximum Gasteiger partial charge on any atom is 0.355 e. The van der Waals surface area contributed by atoms with Crippen LogP contribution in [0, 0.1) is 0 Å². The van der Waals surface area contributed by atoms with Crippen LogP contribution in [0.1, 0.15) is 31.9 Å². The van der Waals surface area contributed by atoms with E-state index in [1.165, 1.54) is 6.20 Å². The van der Waals surface area contributed by atoms with Gasteiger partial charge >= 0.3 is 5.69 Å². The zero-order valence-electron chi connectivity index (χ0n) is 19.8. The fourth-order valence-corrected chi connectivity index (χ4v) is 5.36. The molecule has 1 amide bonds. The summed E-state index contributed by atoms with van der Waals surface area (Å²) in [4.78, 5) is 39.7. The number of fused-ring (bicyclic) bond motifs is 2. The van der Waals surface area contributed by atoms with Crippen LogP contribution in [-0.4, -0.2) is 36.9 Å². The van der Waals surface area contributed by atoms with Gasteiger partial charge in [0.1, 0.15) is 5.82 Å². The van der Waals surface area contributed by atoms with Crippen LogP contribution in [0.3, 0.4) is 0 Å². The summed E-state index contributed by atoms with van der Waals surface area (Å²) >= 11 is 12.6. The second-order valence-corrected chi connectivity index (χ2v) is 9.91. The van der Waals surface area contributed by atoms with E-state index in [9.17, 15) is 9.59 Å². The van der Waals surface area contributed by atoms with Gasteiger partial charge in [-0.25, -0.2) is 14.3 Å². The van der Waals surface area contributed by atoms with Crippen molar-refractivity contribution in [2.45, 2.75) is 32.7 Å². The topological polar surface area (TPSA) is 119 Å². The minimum absolute atomic E-state index is 0.0556. The van der Waals surface area contributed by atoms with E-state index in [-0.39, 0.29) is 39.1 Å². The van der Waals surface area contributed by atoms with Gasteiger partial charge in [-0.05, 0) is 55.7 Å². The maximum absolute atomic E-state index is 12.9. The van der Waals surface area contributed by atoms with Crippen LogP contribution < -0.4 is 16.7 Å². The molecule has 2 aromatic carbocycles. The molecule has 0 saturated carbocycles. The van der Waals surface area contributed by atoms with Crippen molar-refractivity contribution in [3.63, 3.8) is 0 Å². The van der Waals surface area contributed by atoms with Gasteiger partial charge in [0, 0.05) is 25.4 Å². The molecule has 36 heavy (non-hydrogen) atoms. The Bertz CT molecular complexity index is 1580. The van der Waals surface area contributed by atoms with E-state index in [4.69, 9.17) is 28.9 Å². The zero-order valence-corrected chi connectivity index (χ0v) is 21.4. The molecule has 0 aliphatic carbocycles. The van der Waals surface area contributed by atoms with E-state index in [2.05, 4.69) is 20.3 Å². The summed E-state index contributed by atoms with van der Waals surface area (Å²) < 4.78 is 1.15. The lowest BCUT2D eigenvalue weighted by molar-refractivity contribution is -0.135. The third-order valence-corrected chi connectivity index (χ3v) is 7.13. The number of nitrogens with zero attached hydrogens (tertiary/aromatic N) is 5. The lowest BCUT2D eigenvalue weighted by Crippen LogP contribution is -2.49. The number of rotatable bonds is 3. The first-order valence-electron chi connectivity index (χ1n) is 11.3. The first-order chi connectivity index (χ1) is 17.1. The van der Waals surface area contributed by atoms with Gasteiger partial charge in [-0.1, -0.05) is 35.3 Å². The van der Waals surface area contributed by atoms with Gasteiger partial charge < -0.3 is 16.0 Å². The summed E-state index contributed by atoms with van der Waals surface area (Å²) in [5.74, 6) is 0.403. The lowest BCUT2D eigenvalue weighted by Gasteiger charge is -2.43. The molecule has 184 valence electrons.